The smallest absolute Gasteiger partial charge is 0.124 e. The number of nitrogens with zero attached hydrogens (tertiary/aromatic N) is 1. The summed E-state index contributed by atoms with van der Waals surface area (Å²) in [6.45, 7) is 1.90. The van der Waals surface area contributed by atoms with E-state index in [0.29, 0.717) is 5.38 Å². The highest BCUT2D eigenvalue weighted by molar-refractivity contribution is 9.10. The van der Waals surface area contributed by atoms with E-state index in [0.717, 1.165) is 41.9 Å². The maximum Gasteiger partial charge on any atom is 0.124 e. The molecule has 0 atom stereocenters. The van der Waals surface area contributed by atoms with E-state index in [1.807, 2.05) is 6.07 Å². The Bertz CT molecular complexity index is 393. The van der Waals surface area contributed by atoms with Gasteiger partial charge in [-0.05, 0) is 43.5 Å². The van der Waals surface area contributed by atoms with Crippen molar-refractivity contribution in [1.82, 2.24) is 4.90 Å². The topological polar surface area (TPSA) is 3.24 Å². The Hall–Kier alpha value is -0.120. The quantitative estimate of drug-likeness (QED) is 0.757. The Morgan fingerprint density at radius 2 is 2.18 bits per heavy atom. The first kappa shape index (κ1) is 13.3. The molecule has 17 heavy (non-hydrogen) atoms. The fraction of sp³-hybridized carbons (Fsp3) is 0.538. The van der Waals surface area contributed by atoms with Crippen molar-refractivity contribution < 1.29 is 4.39 Å². The van der Waals surface area contributed by atoms with Gasteiger partial charge >= 0.3 is 0 Å². The van der Waals surface area contributed by atoms with Crippen LogP contribution in [0.25, 0.3) is 0 Å². The molecule has 0 heterocycles. The number of halogens is 3. The van der Waals surface area contributed by atoms with E-state index in [9.17, 15) is 4.39 Å². The molecule has 1 aliphatic carbocycles. The first-order chi connectivity index (χ1) is 8.04. The fourth-order valence-corrected chi connectivity index (χ4v) is 3.23. The molecule has 94 valence electrons. The minimum atomic E-state index is -0.202. The lowest BCUT2D eigenvalue weighted by Crippen LogP contribution is -2.34. The zero-order chi connectivity index (χ0) is 12.4. The van der Waals surface area contributed by atoms with Gasteiger partial charge in [0.05, 0.1) is 0 Å². The van der Waals surface area contributed by atoms with E-state index in [1.54, 1.807) is 0 Å². The fourth-order valence-electron chi connectivity index (χ4n) is 2.25. The summed E-state index contributed by atoms with van der Waals surface area (Å²) in [5, 5.41) is 0.381. The molecule has 0 amide bonds. The molecule has 0 saturated heterocycles. The van der Waals surface area contributed by atoms with Crippen molar-refractivity contribution in [3.8, 4) is 0 Å². The number of hydrogen-bond acceptors (Lipinski definition) is 1. The number of benzene rings is 1. The first-order valence-corrected chi connectivity index (χ1v) is 7.04. The Labute approximate surface area is 115 Å². The van der Waals surface area contributed by atoms with Crippen LogP contribution in [-0.2, 0) is 6.54 Å². The minimum Gasteiger partial charge on any atom is -0.302 e. The van der Waals surface area contributed by atoms with Gasteiger partial charge in [0, 0.05) is 22.9 Å². The van der Waals surface area contributed by atoms with E-state index in [1.165, 1.54) is 12.1 Å². The van der Waals surface area contributed by atoms with Crippen LogP contribution in [0.15, 0.2) is 22.7 Å². The van der Waals surface area contributed by atoms with Gasteiger partial charge < -0.3 is 4.90 Å². The Balaban J connectivity index is 1.87. The third-order valence-corrected chi connectivity index (χ3v) is 4.30. The predicted molar refractivity (Wildman–Crippen MR) is 72.8 cm³/mol. The van der Waals surface area contributed by atoms with Crippen molar-refractivity contribution in [2.45, 2.75) is 24.8 Å². The van der Waals surface area contributed by atoms with Gasteiger partial charge in [0.25, 0.3) is 0 Å². The van der Waals surface area contributed by atoms with Gasteiger partial charge in [-0.1, -0.05) is 22.0 Å². The highest BCUT2D eigenvalue weighted by atomic mass is 79.9. The zero-order valence-corrected chi connectivity index (χ0v) is 12.1. The first-order valence-electron chi connectivity index (χ1n) is 5.81. The van der Waals surface area contributed by atoms with Gasteiger partial charge in [-0.3, -0.25) is 0 Å². The molecule has 0 spiro atoms. The van der Waals surface area contributed by atoms with Crippen molar-refractivity contribution >= 4 is 27.5 Å². The second-order valence-corrected chi connectivity index (χ2v) is 6.34. The molecule has 0 aliphatic heterocycles. The lowest BCUT2D eigenvalue weighted by Gasteiger charge is -2.34. The average Bonchev–Trinajstić information content (AvgIpc) is 2.20. The number of hydrogen-bond donors (Lipinski definition) is 0. The Kier molecular flexibility index (Phi) is 4.45. The molecule has 0 radical (unpaired) electrons. The van der Waals surface area contributed by atoms with Gasteiger partial charge in [-0.25, -0.2) is 4.39 Å². The van der Waals surface area contributed by atoms with Crippen LogP contribution in [0.4, 0.5) is 4.39 Å². The highest BCUT2D eigenvalue weighted by Crippen LogP contribution is 2.32. The largest absolute Gasteiger partial charge is 0.302 e. The van der Waals surface area contributed by atoms with Crippen LogP contribution in [-0.4, -0.2) is 23.9 Å². The third kappa shape index (κ3) is 3.67. The number of rotatable bonds is 4. The molecule has 2 rings (SSSR count). The van der Waals surface area contributed by atoms with E-state index in [4.69, 9.17) is 11.6 Å². The molecular weight excluding hydrogens is 305 g/mol. The van der Waals surface area contributed by atoms with Crippen LogP contribution in [0.5, 0.6) is 0 Å². The molecule has 4 heteroatoms. The molecule has 0 N–H and O–H groups in total. The lowest BCUT2D eigenvalue weighted by molar-refractivity contribution is 0.204. The van der Waals surface area contributed by atoms with E-state index in [2.05, 4.69) is 27.9 Å². The molecule has 0 bridgehead atoms. The van der Waals surface area contributed by atoms with E-state index >= 15 is 0 Å². The van der Waals surface area contributed by atoms with E-state index in [-0.39, 0.29) is 5.82 Å². The monoisotopic (exact) mass is 319 g/mol. The van der Waals surface area contributed by atoms with Gasteiger partial charge in [-0.15, -0.1) is 11.6 Å². The normalized spacial score (nSPS) is 23.8. The van der Waals surface area contributed by atoms with Gasteiger partial charge in [0.1, 0.15) is 5.82 Å². The van der Waals surface area contributed by atoms with Crippen molar-refractivity contribution in [3.63, 3.8) is 0 Å². The molecular formula is C13H16BrClFN. The average molecular weight is 321 g/mol. The van der Waals surface area contributed by atoms with Crippen molar-refractivity contribution in [3.05, 3.63) is 34.1 Å². The van der Waals surface area contributed by atoms with E-state index < -0.39 is 0 Å². The van der Waals surface area contributed by atoms with Crippen LogP contribution < -0.4 is 0 Å². The molecule has 0 unspecified atom stereocenters. The second kappa shape index (κ2) is 5.68. The van der Waals surface area contributed by atoms with Crippen LogP contribution >= 0.6 is 27.5 Å². The molecule has 1 aromatic rings. The van der Waals surface area contributed by atoms with Crippen LogP contribution in [0.2, 0.25) is 0 Å². The maximum atomic E-state index is 12.9. The Morgan fingerprint density at radius 1 is 1.47 bits per heavy atom. The standard InChI is InChI=1S/C13H16BrClFN/c1-17(7-9-4-11(15)5-9)8-10-2-3-12(16)6-13(10)14/h2-3,6,9,11H,4-5,7-8H2,1H3. The molecule has 1 fully saturated rings. The Morgan fingerprint density at radius 3 is 2.76 bits per heavy atom. The summed E-state index contributed by atoms with van der Waals surface area (Å²) >= 11 is 9.36. The van der Waals surface area contributed by atoms with Gasteiger partial charge in [0.2, 0.25) is 0 Å². The third-order valence-electron chi connectivity index (χ3n) is 3.20. The maximum absolute atomic E-state index is 12.9. The predicted octanol–water partition coefficient (Wildman–Crippen LogP) is 4.04. The summed E-state index contributed by atoms with van der Waals surface area (Å²) in [5.41, 5.74) is 1.12. The minimum absolute atomic E-state index is 0.202. The summed E-state index contributed by atoms with van der Waals surface area (Å²) in [6.07, 6.45) is 2.24. The zero-order valence-electron chi connectivity index (χ0n) is 9.80. The molecule has 1 saturated carbocycles. The van der Waals surface area contributed by atoms with Gasteiger partial charge in [-0.2, -0.15) is 0 Å². The van der Waals surface area contributed by atoms with Crippen molar-refractivity contribution in [2.24, 2.45) is 5.92 Å². The molecule has 1 aromatic carbocycles. The summed E-state index contributed by atoms with van der Waals surface area (Å²) in [7, 11) is 2.09. The number of alkyl halides is 1. The summed E-state index contributed by atoms with van der Waals surface area (Å²) < 4.78 is 13.8. The summed E-state index contributed by atoms with van der Waals surface area (Å²) in [5.74, 6) is 0.522. The SMILES string of the molecule is CN(Cc1ccc(F)cc1Br)CC1CC(Cl)C1. The summed E-state index contributed by atoms with van der Waals surface area (Å²) in [4.78, 5) is 2.27. The van der Waals surface area contributed by atoms with Crippen LogP contribution in [0.3, 0.4) is 0 Å². The van der Waals surface area contributed by atoms with Crippen molar-refractivity contribution in [2.75, 3.05) is 13.6 Å². The molecule has 1 nitrogen and oxygen atoms in total. The second-order valence-electron chi connectivity index (χ2n) is 4.87. The highest BCUT2D eigenvalue weighted by Gasteiger charge is 2.27. The van der Waals surface area contributed by atoms with Crippen molar-refractivity contribution in [1.29, 1.82) is 0 Å². The van der Waals surface area contributed by atoms with Crippen LogP contribution in [0, 0.1) is 11.7 Å². The van der Waals surface area contributed by atoms with Crippen LogP contribution in [0.1, 0.15) is 18.4 Å². The molecule has 1 aliphatic rings. The molecule has 0 aromatic heterocycles. The lowest BCUT2D eigenvalue weighted by atomic mass is 9.84. The summed E-state index contributed by atoms with van der Waals surface area (Å²) in [6, 6.07) is 4.86. The van der Waals surface area contributed by atoms with Gasteiger partial charge in [0.15, 0.2) is 0 Å².